The summed E-state index contributed by atoms with van der Waals surface area (Å²) >= 11 is -0.0963. The second-order valence-corrected chi connectivity index (χ2v) is 11.7. The van der Waals surface area contributed by atoms with E-state index in [2.05, 4.69) is 67.3 Å². The topological polar surface area (TPSA) is 60.9 Å². The normalized spacial score (nSPS) is 18.1. The number of hydrogen-bond acceptors (Lipinski definition) is 4. The molecular weight excluding hydrogens is 493 g/mol. The number of nitrogens with zero attached hydrogens (tertiary/aromatic N) is 3. The van der Waals surface area contributed by atoms with Crippen LogP contribution in [0.5, 0.6) is 0 Å². The van der Waals surface area contributed by atoms with Gasteiger partial charge in [0.25, 0.3) is 0 Å². The molecule has 3 aliphatic heterocycles. The van der Waals surface area contributed by atoms with Crippen molar-refractivity contribution in [2.75, 3.05) is 19.0 Å². The van der Waals surface area contributed by atoms with Crippen molar-refractivity contribution in [1.29, 1.82) is 0 Å². The van der Waals surface area contributed by atoms with Crippen molar-refractivity contribution in [3.8, 4) is 0 Å². The zero-order chi connectivity index (χ0) is 23.9. The van der Waals surface area contributed by atoms with Crippen molar-refractivity contribution in [1.82, 2.24) is 9.80 Å². The molecule has 7 heteroatoms. The molecule has 3 aliphatic rings. The molecule has 3 aromatic rings. The third-order valence-electron chi connectivity index (χ3n) is 7.16. The number of carbonyl (C=O) groups is 3. The Morgan fingerprint density at radius 3 is 2.29 bits per heavy atom. The van der Waals surface area contributed by atoms with Crippen LogP contribution in [0.25, 0.3) is 6.08 Å². The minimum atomic E-state index is -0.606. The molecule has 0 spiro atoms. The number of urea groups is 1. The molecule has 0 N–H and O–H groups in total. The summed E-state index contributed by atoms with van der Waals surface area (Å²) in [4.78, 5) is 41.9. The third kappa shape index (κ3) is 2.71. The number of likely N-dealkylation sites (N-methyl/N-ethyl adjacent to an activating group) is 2. The predicted octanol–water partition coefficient (Wildman–Crippen LogP) is 4.19. The van der Waals surface area contributed by atoms with Crippen LogP contribution in [-0.4, -0.2) is 56.2 Å². The molecule has 0 radical (unpaired) electrons. The van der Waals surface area contributed by atoms with E-state index in [1.54, 1.807) is 6.08 Å². The number of fused-ring (bicyclic) bond motifs is 4. The number of rotatable bonds is 1. The molecule has 0 atom stereocenters. The molecular formula is C27H23N3O3Se. The fourth-order valence-corrected chi connectivity index (χ4v) is 7.73. The standard InChI is InChI=1S/C27H23N3O3Se/c1-27(2)19-9-5-6-11-21(19)30-22-15(8-7-10-20(22)27)12-16-13-17(34-25(16)30)14-18-23(31)28(3)26(33)29(4)24(18)32/h5-11,13-14H,12H2,1-4H3. The number of anilines is 3. The van der Waals surface area contributed by atoms with Gasteiger partial charge in [-0.3, -0.25) is 0 Å². The second kappa shape index (κ2) is 7.05. The molecule has 4 amide bonds. The summed E-state index contributed by atoms with van der Waals surface area (Å²) in [6.07, 6.45) is 2.51. The molecule has 1 aromatic heterocycles. The molecule has 0 unspecified atom stereocenters. The van der Waals surface area contributed by atoms with Gasteiger partial charge in [0.2, 0.25) is 0 Å². The van der Waals surface area contributed by atoms with Gasteiger partial charge >= 0.3 is 204 Å². The minimum absolute atomic E-state index is 0.0379. The molecule has 34 heavy (non-hydrogen) atoms. The van der Waals surface area contributed by atoms with E-state index < -0.39 is 17.8 Å². The van der Waals surface area contributed by atoms with Crippen molar-refractivity contribution >= 4 is 54.4 Å². The fourth-order valence-electron chi connectivity index (χ4n) is 5.33. The number of hydrogen-bond donors (Lipinski definition) is 0. The molecule has 1 fully saturated rings. The Morgan fingerprint density at radius 1 is 0.882 bits per heavy atom. The summed E-state index contributed by atoms with van der Waals surface area (Å²) in [6.45, 7) is 4.57. The Labute approximate surface area is 203 Å². The van der Waals surface area contributed by atoms with Crippen LogP contribution < -0.4 is 4.90 Å². The van der Waals surface area contributed by atoms with Crippen LogP contribution in [0.3, 0.4) is 0 Å². The molecule has 6 nitrogen and oxygen atoms in total. The van der Waals surface area contributed by atoms with E-state index in [0.29, 0.717) is 0 Å². The van der Waals surface area contributed by atoms with Gasteiger partial charge in [0.1, 0.15) is 0 Å². The number of amides is 4. The van der Waals surface area contributed by atoms with E-state index in [-0.39, 0.29) is 25.5 Å². The van der Waals surface area contributed by atoms with E-state index in [1.807, 2.05) is 0 Å². The summed E-state index contributed by atoms with van der Waals surface area (Å²) < 4.78 is 2.21. The Hall–Kier alpha value is -3.41. The van der Waals surface area contributed by atoms with Crippen molar-refractivity contribution in [2.24, 2.45) is 0 Å². The summed E-state index contributed by atoms with van der Waals surface area (Å²) in [7, 11) is 2.81. The average molecular weight is 516 g/mol. The van der Waals surface area contributed by atoms with Crippen LogP contribution in [-0.2, 0) is 21.4 Å². The number of para-hydroxylation sites is 2. The van der Waals surface area contributed by atoms with Crippen LogP contribution in [0.2, 0.25) is 0 Å². The van der Waals surface area contributed by atoms with Crippen molar-refractivity contribution in [3.05, 3.63) is 80.8 Å². The summed E-state index contributed by atoms with van der Waals surface area (Å²) in [5.74, 6) is -1.10. The maximum absolute atomic E-state index is 12.7. The first-order chi connectivity index (χ1) is 16.2. The summed E-state index contributed by atoms with van der Waals surface area (Å²) in [5, 5.41) is 0. The fraction of sp³-hybridized carbons (Fsp3) is 0.222. The van der Waals surface area contributed by atoms with Crippen LogP contribution >= 0.6 is 0 Å². The van der Waals surface area contributed by atoms with E-state index in [9.17, 15) is 14.4 Å². The Bertz CT molecular complexity index is 1440. The first-order valence-electron chi connectivity index (χ1n) is 11.2. The van der Waals surface area contributed by atoms with E-state index in [0.717, 1.165) is 20.7 Å². The van der Waals surface area contributed by atoms with Crippen LogP contribution in [0.1, 0.15) is 40.5 Å². The predicted molar refractivity (Wildman–Crippen MR) is 132 cm³/mol. The molecule has 1 saturated heterocycles. The maximum atomic E-state index is 12.7. The average Bonchev–Trinajstić information content (AvgIpc) is 3.24. The van der Waals surface area contributed by atoms with Gasteiger partial charge in [-0.15, -0.1) is 0 Å². The molecule has 4 heterocycles. The monoisotopic (exact) mass is 517 g/mol. The molecule has 0 saturated carbocycles. The Balaban J connectivity index is 1.52. The van der Waals surface area contributed by atoms with Gasteiger partial charge in [0.05, 0.1) is 0 Å². The van der Waals surface area contributed by atoms with Gasteiger partial charge in [-0.2, -0.15) is 0 Å². The van der Waals surface area contributed by atoms with E-state index in [4.69, 9.17) is 0 Å². The SMILES string of the molecule is CN1C(=O)C(=Cc2cc3c([se]2)N2c4ccccc4C(C)(C)c4cccc(c42)C3)C(=O)N(C)C1=O. The number of barbiturate groups is 1. The summed E-state index contributed by atoms with van der Waals surface area (Å²) in [6, 6.07) is 16.7. The van der Waals surface area contributed by atoms with Gasteiger partial charge in [0.15, 0.2) is 0 Å². The molecule has 0 aliphatic carbocycles. The van der Waals surface area contributed by atoms with Crippen LogP contribution in [0.15, 0.2) is 54.1 Å². The molecule has 6 rings (SSSR count). The van der Waals surface area contributed by atoms with E-state index >= 15 is 0 Å². The number of benzene rings is 2. The molecule has 170 valence electrons. The van der Waals surface area contributed by atoms with Crippen LogP contribution in [0.4, 0.5) is 20.7 Å². The molecule has 2 aromatic carbocycles. The third-order valence-corrected chi connectivity index (χ3v) is 9.48. The van der Waals surface area contributed by atoms with E-state index in [1.165, 1.54) is 52.3 Å². The van der Waals surface area contributed by atoms with Gasteiger partial charge in [0, 0.05) is 0 Å². The van der Waals surface area contributed by atoms with Gasteiger partial charge in [-0.25, -0.2) is 0 Å². The van der Waals surface area contributed by atoms with Gasteiger partial charge < -0.3 is 0 Å². The van der Waals surface area contributed by atoms with Crippen molar-refractivity contribution in [3.63, 3.8) is 0 Å². The Morgan fingerprint density at radius 2 is 1.56 bits per heavy atom. The first kappa shape index (κ1) is 21.1. The zero-order valence-electron chi connectivity index (χ0n) is 19.4. The molecule has 0 bridgehead atoms. The summed E-state index contributed by atoms with van der Waals surface area (Å²) in [5.41, 5.74) is 7.50. The zero-order valence-corrected chi connectivity index (χ0v) is 21.1. The van der Waals surface area contributed by atoms with Crippen molar-refractivity contribution in [2.45, 2.75) is 25.7 Å². The number of imide groups is 2. The second-order valence-electron chi connectivity index (χ2n) is 9.52. The van der Waals surface area contributed by atoms with Crippen molar-refractivity contribution < 1.29 is 14.4 Å². The quantitative estimate of drug-likeness (QED) is 0.216. The van der Waals surface area contributed by atoms with Gasteiger partial charge in [-0.05, 0) is 0 Å². The Kier molecular flexibility index (Phi) is 4.38. The first-order valence-corrected chi connectivity index (χ1v) is 12.9. The van der Waals surface area contributed by atoms with Crippen LogP contribution in [0, 0.1) is 0 Å². The number of carbonyl (C=O) groups excluding carboxylic acids is 3. The van der Waals surface area contributed by atoms with Gasteiger partial charge in [-0.1, -0.05) is 0 Å².